The Morgan fingerprint density at radius 3 is 3.29 bits per heavy atom. The summed E-state index contributed by atoms with van der Waals surface area (Å²) in [5.74, 6) is 1.50. The second kappa shape index (κ2) is 4.57. The molecule has 2 heterocycles. The molecule has 0 bridgehead atoms. The standard InChI is InChI=1S/C9H13ClN4/c10-9-12-4-2-8(14-9)13-6-7-1-3-11-5-7/h2,4,7,11H,1,3,5-6H2,(H,12,13,14)/t7-/m0/s1. The van der Waals surface area contributed by atoms with Crippen molar-refractivity contribution in [3.05, 3.63) is 17.5 Å². The van der Waals surface area contributed by atoms with Crippen molar-refractivity contribution in [3.63, 3.8) is 0 Å². The third-order valence-electron chi connectivity index (χ3n) is 2.36. The molecule has 14 heavy (non-hydrogen) atoms. The summed E-state index contributed by atoms with van der Waals surface area (Å²) in [5.41, 5.74) is 0. The van der Waals surface area contributed by atoms with E-state index in [1.807, 2.05) is 6.07 Å². The molecule has 1 aromatic rings. The Kier molecular flexibility index (Phi) is 3.16. The molecule has 4 nitrogen and oxygen atoms in total. The number of aromatic nitrogens is 2. The van der Waals surface area contributed by atoms with E-state index in [4.69, 9.17) is 11.6 Å². The summed E-state index contributed by atoms with van der Waals surface area (Å²) in [5, 5.41) is 6.86. The third-order valence-corrected chi connectivity index (χ3v) is 2.54. The van der Waals surface area contributed by atoms with Gasteiger partial charge in [-0.2, -0.15) is 0 Å². The van der Waals surface area contributed by atoms with Crippen LogP contribution < -0.4 is 10.6 Å². The van der Waals surface area contributed by atoms with Gasteiger partial charge in [-0.05, 0) is 43.1 Å². The van der Waals surface area contributed by atoms with Crippen molar-refractivity contribution in [2.45, 2.75) is 6.42 Å². The highest BCUT2D eigenvalue weighted by molar-refractivity contribution is 6.28. The number of hydrogen-bond acceptors (Lipinski definition) is 4. The molecule has 5 heteroatoms. The molecule has 2 N–H and O–H groups in total. The normalized spacial score (nSPS) is 21.1. The summed E-state index contributed by atoms with van der Waals surface area (Å²) in [6, 6.07) is 1.83. The van der Waals surface area contributed by atoms with Gasteiger partial charge in [0.25, 0.3) is 0 Å². The maximum absolute atomic E-state index is 5.67. The van der Waals surface area contributed by atoms with Crippen molar-refractivity contribution in [2.24, 2.45) is 5.92 Å². The van der Waals surface area contributed by atoms with Gasteiger partial charge in [0.1, 0.15) is 5.82 Å². The zero-order valence-corrected chi connectivity index (χ0v) is 8.59. The van der Waals surface area contributed by atoms with Gasteiger partial charge in [-0.3, -0.25) is 0 Å². The van der Waals surface area contributed by atoms with E-state index in [-0.39, 0.29) is 0 Å². The average Bonchev–Trinajstić information content (AvgIpc) is 2.67. The molecular weight excluding hydrogens is 200 g/mol. The van der Waals surface area contributed by atoms with E-state index in [0.29, 0.717) is 11.2 Å². The summed E-state index contributed by atoms with van der Waals surface area (Å²) >= 11 is 5.67. The Hall–Kier alpha value is -0.870. The van der Waals surface area contributed by atoms with Crippen LogP contribution in [0.4, 0.5) is 5.82 Å². The maximum Gasteiger partial charge on any atom is 0.224 e. The van der Waals surface area contributed by atoms with Gasteiger partial charge in [0.15, 0.2) is 0 Å². The van der Waals surface area contributed by atoms with E-state index in [1.54, 1.807) is 6.20 Å². The second-order valence-corrected chi connectivity index (χ2v) is 3.79. The summed E-state index contributed by atoms with van der Waals surface area (Å²) in [6.07, 6.45) is 2.89. The molecule has 0 saturated carbocycles. The number of anilines is 1. The Morgan fingerprint density at radius 1 is 1.64 bits per heavy atom. The number of nitrogens with one attached hydrogen (secondary N) is 2. The van der Waals surface area contributed by atoms with Crippen LogP contribution in [0, 0.1) is 5.92 Å². The van der Waals surface area contributed by atoms with Crippen molar-refractivity contribution in [2.75, 3.05) is 25.0 Å². The molecule has 1 aliphatic heterocycles. The van der Waals surface area contributed by atoms with Crippen LogP contribution in [0.25, 0.3) is 0 Å². The lowest BCUT2D eigenvalue weighted by Crippen LogP contribution is -2.17. The zero-order valence-electron chi connectivity index (χ0n) is 7.83. The minimum absolute atomic E-state index is 0.291. The molecule has 0 amide bonds. The van der Waals surface area contributed by atoms with Gasteiger partial charge in [0, 0.05) is 12.7 Å². The van der Waals surface area contributed by atoms with E-state index >= 15 is 0 Å². The predicted octanol–water partition coefficient (Wildman–Crippen LogP) is 1.15. The molecule has 1 fully saturated rings. The zero-order chi connectivity index (χ0) is 9.80. The lowest BCUT2D eigenvalue weighted by Gasteiger charge is -2.09. The average molecular weight is 213 g/mol. The number of hydrogen-bond donors (Lipinski definition) is 2. The molecule has 76 valence electrons. The lowest BCUT2D eigenvalue weighted by atomic mass is 10.1. The smallest absolute Gasteiger partial charge is 0.224 e. The van der Waals surface area contributed by atoms with Crippen LogP contribution in [0.15, 0.2) is 12.3 Å². The van der Waals surface area contributed by atoms with E-state index < -0.39 is 0 Å². The SMILES string of the molecule is Clc1nccc(NC[C@H]2CCNC2)n1. The molecule has 0 unspecified atom stereocenters. The van der Waals surface area contributed by atoms with Crippen molar-refractivity contribution in [1.82, 2.24) is 15.3 Å². The van der Waals surface area contributed by atoms with Crippen molar-refractivity contribution < 1.29 is 0 Å². The fourth-order valence-electron chi connectivity index (χ4n) is 1.57. The van der Waals surface area contributed by atoms with Gasteiger partial charge in [0.2, 0.25) is 5.28 Å². The maximum atomic E-state index is 5.67. The Morgan fingerprint density at radius 2 is 2.57 bits per heavy atom. The number of rotatable bonds is 3. The summed E-state index contributed by atoms with van der Waals surface area (Å²) < 4.78 is 0. The number of nitrogens with zero attached hydrogens (tertiary/aromatic N) is 2. The third kappa shape index (κ3) is 2.56. The lowest BCUT2D eigenvalue weighted by molar-refractivity contribution is 0.614. The molecule has 1 atom stereocenters. The van der Waals surface area contributed by atoms with Gasteiger partial charge < -0.3 is 10.6 Å². The van der Waals surface area contributed by atoms with Gasteiger partial charge in [-0.1, -0.05) is 0 Å². The fraction of sp³-hybridized carbons (Fsp3) is 0.556. The minimum atomic E-state index is 0.291. The monoisotopic (exact) mass is 212 g/mol. The van der Waals surface area contributed by atoms with E-state index in [0.717, 1.165) is 25.5 Å². The first kappa shape index (κ1) is 9.68. The molecule has 1 aromatic heterocycles. The Labute approximate surface area is 88.1 Å². The van der Waals surface area contributed by atoms with Crippen molar-refractivity contribution >= 4 is 17.4 Å². The highest BCUT2D eigenvalue weighted by Crippen LogP contribution is 2.10. The van der Waals surface area contributed by atoms with Gasteiger partial charge in [-0.25, -0.2) is 9.97 Å². The number of halogens is 1. The first-order valence-corrected chi connectivity index (χ1v) is 5.15. The molecule has 1 saturated heterocycles. The van der Waals surface area contributed by atoms with Gasteiger partial charge in [0.05, 0.1) is 0 Å². The molecular formula is C9H13ClN4. The topological polar surface area (TPSA) is 49.8 Å². The van der Waals surface area contributed by atoms with E-state index in [9.17, 15) is 0 Å². The van der Waals surface area contributed by atoms with Crippen LogP contribution in [-0.2, 0) is 0 Å². The molecule has 1 aliphatic rings. The van der Waals surface area contributed by atoms with Crippen LogP contribution in [0.1, 0.15) is 6.42 Å². The summed E-state index contributed by atoms with van der Waals surface area (Å²) in [7, 11) is 0. The van der Waals surface area contributed by atoms with Gasteiger partial charge in [-0.15, -0.1) is 0 Å². The van der Waals surface area contributed by atoms with Crippen LogP contribution in [-0.4, -0.2) is 29.6 Å². The predicted molar refractivity (Wildman–Crippen MR) is 56.5 cm³/mol. The Bertz CT molecular complexity index is 299. The summed E-state index contributed by atoms with van der Waals surface area (Å²) in [4.78, 5) is 7.88. The molecule has 2 rings (SSSR count). The minimum Gasteiger partial charge on any atom is -0.370 e. The molecule has 0 spiro atoms. The van der Waals surface area contributed by atoms with Crippen LogP contribution >= 0.6 is 11.6 Å². The fourth-order valence-corrected chi connectivity index (χ4v) is 1.72. The summed E-state index contributed by atoms with van der Waals surface area (Å²) in [6.45, 7) is 3.16. The van der Waals surface area contributed by atoms with Crippen LogP contribution in [0.2, 0.25) is 5.28 Å². The first-order valence-electron chi connectivity index (χ1n) is 4.78. The van der Waals surface area contributed by atoms with E-state index in [1.165, 1.54) is 6.42 Å². The molecule has 0 aliphatic carbocycles. The molecule has 0 radical (unpaired) electrons. The van der Waals surface area contributed by atoms with Crippen molar-refractivity contribution in [3.8, 4) is 0 Å². The quantitative estimate of drug-likeness (QED) is 0.739. The molecule has 0 aromatic carbocycles. The highest BCUT2D eigenvalue weighted by Gasteiger charge is 2.13. The van der Waals surface area contributed by atoms with Crippen LogP contribution in [0.5, 0.6) is 0 Å². The largest absolute Gasteiger partial charge is 0.370 e. The van der Waals surface area contributed by atoms with Crippen LogP contribution in [0.3, 0.4) is 0 Å². The Balaban J connectivity index is 1.85. The second-order valence-electron chi connectivity index (χ2n) is 3.45. The first-order chi connectivity index (χ1) is 6.84. The van der Waals surface area contributed by atoms with Crippen molar-refractivity contribution in [1.29, 1.82) is 0 Å². The van der Waals surface area contributed by atoms with Gasteiger partial charge >= 0.3 is 0 Å². The van der Waals surface area contributed by atoms with E-state index in [2.05, 4.69) is 20.6 Å². The highest BCUT2D eigenvalue weighted by atomic mass is 35.5.